The van der Waals surface area contributed by atoms with Gasteiger partial charge in [-0.1, -0.05) is 6.07 Å². The van der Waals surface area contributed by atoms with Gasteiger partial charge < -0.3 is 24.4 Å². The molecule has 1 saturated heterocycles. The summed E-state index contributed by atoms with van der Waals surface area (Å²) in [5, 5.41) is 3.05. The first-order chi connectivity index (χ1) is 13.1. The highest BCUT2D eigenvalue weighted by atomic mass is 35.5. The van der Waals surface area contributed by atoms with Crippen molar-refractivity contribution in [2.45, 2.75) is 31.7 Å². The Hall–Kier alpha value is -2.15. The first-order valence-electron chi connectivity index (χ1n) is 9.05. The molecule has 27 heavy (non-hydrogen) atoms. The van der Waals surface area contributed by atoms with Crippen LogP contribution in [-0.2, 0) is 16.0 Å². The van der Waals surface area contributed by atoms with E-state index >= 15 is 0 Å². The number of hydrogen-bond donors (Lipinski definition) is 1. The van der Waals surface area contributed by atoms with Crippen LogP contribution in [0.4, 0.5) is 4.79 Å². The molecule has 0 aliphatic carbocycles. The van der Waals surface area contributed by atoms with Gasteiger partial charge in [-0.05, 0) is 37.0 Å². The highest BCUT2D eigenvalue weighted by Crippen LogP contribution is 2.28. The van der Waals surface area contributed by atoms with Crippen LogP contribution in [0.15, 0.2) is 18.2 Å². The van der Waals surface area contributed by atoms with Crippen LogP contribution in [0.2, 0.25) is 0 Å². The molecule has 1 heterocycles. The number of carbonyl (C=O) groups excluding carboxylic acids is 2. The third-order valence-corrected chi connectivity index (χ3v) is 4.66. The molecule has 1 fully saturated rings. The fraction of sp³-hybridized carbons (Fsp3) is 0.579. The van der Waals surface area contributed by atoms with Gasteiger partial charge in [-0.3, -0.25) is 4.79 Å². The molecule has 1 aliphatic heterocycles. The standard InChI is InChI=1S/C19H27ClN2O5/c1-25-16-5-3-14(13-17(16)26-2)4-6-18(23)21-15-7-10-22(11-8-15)19(24)27-12-9-20/h3,5,13,15H,4,6-12H2,1-2H3,(H,21,23). The Morgan fingerprint density at radius 3 is 2.52 bits per heavy atom. The predicted octanol–water partition coefficient (Wildman–Crippen LogP) is 2.59. The molecule has 0 saturated carbocycles. The number of hydrogen-bond acceptors (Lipinski definition) is 5. The summed E-state index contributed by atoms with van der Waals surface area (Å²) in [4.78, 5) is 25.7. The Morgan fingerprint density at radius 1 is 1.19 bits per heavy atom. The van der Waals surface area contributed by atoms with Gasteiger partial charge >= 0.3 is 6.09 Å². The van der Waals surface area contributed by atoms with Crippen molar-refractivity contribution in [2.24, 2.45) is 0 Å². The zero-order valence-corrected chi connectivity index (χ0v) is 16.6. The lowest BCUT2D eigenvalue weighted by molar-refractivity contribution is -0.122. The highest BCUT2D eigenvalue weighted by Gasteiger charge is 2.24. The van der Waals surface area contributed by atoms with Crippen molar-refractivity contribution in [3.63, 3.8) is 0 Å². The fourth-order valence-electron chi connectivity index (χ4n) is 3.02. The molecule has 7 nitrogen and oxygen atoms in total. The summed E-state index contributed by atoms with van der Waals surface area (Å²) in [6, 6.07) is 5.74. The summed E-state index contributed by atoms with van der Waals surface area (Å²) in [5.74, 6) is 1.62. The molecule has 0 bridgehead atoms. The number of likely N-dealkylation sites (tertiary alicyclic amines) is 1. The summed E-state index contributed by atoms with van der Waals surface area (Å²) in [6.07, 6.45) is 2.12. The number of aryl methyl sites for hydroxylation is 1. The predicted molar refractivity (Wildman–Crippen MR) is 103 cm³/mol. The minimum atomic E-state index is -0.339. The minimum Gasteiger partial charge on any atom is -0.493 e. The number of carbonyl (C=O) groups is 2. The number of halogens is 1. The van der Waals surface area contributed by atoms with Gasteiger partial charge in [0.15, 0.2) is 11.5 Å². The van der Waals surface area contributed by atoms with Gasteiger partial charge in [0.2, 0.25) is 5.91 Å². The third kappa shape index (κ3) is 6.50. The zero-order chi connectivity index (χ0) is 19.6. The number of piperidine rings is 1. The smallest absolute Gasteiger partial charge is 0.409 e. The van der Waals surface area contributed by atoms with Crippen LogP contribution in [0.3, 0.4) is 0 Å². The van der Waals surface area contributed by atoms with Crippen LogP contribution in [-0.4, -0.2) is 62.7 Å². The number of nitrogens with zero attached hydrogens (tertiary/aromatic N) is 1. The van der Waals surface area contributed by atoms with Gasteiger partial charge in [0.1, 0.15) is 6.61 Å². The molecule has 150 valence electrons. The lowest BCUT2D eigenvalue weighted by Gasteiger charge is -2.31. The minimum absolute atomic E-state index is 0.00736. The summed E-state index contributed by atoms with van der Waals surface area (Å²) in [7, 11) is 3.18. The van der Waals surface area contributed by atoms with Crippen molar-refractivity contribution < 1.29 is 23.8 Å². The van der Waals surface area contributed by atoms with Gasteiger partial charge in [-0.25, -0.2) is 4.79 Å². The van der Waals surface area contributed by atoms with E-state index in [4.69, 9.17) is 25.8 Å². The second-order valence-electron chi connectivity index (χ2n) is 6.32. The molecule has 1 aromatic rings. The lowest BCUT2D eigenvalue weighted by atomic mass is 10.0. The quantitative estimate of drug-likeness (QED) is 0.681. The molecule has 0 unspecified atom stereocenters. The highest BCUT2D eigenvalue weighted by molar-refractivity contribution is 6.18. The maximum absolute atomic E-state index is 12.2. The second kappa shape index (κ2) is 10.9. The van der Waals surface area contributed by atoms with Crippen LogP contribution < -0.4 is 14.8 Å². The molecule has 1 aromatic carbocycles. The Kier molecular flexibility index (Phi) is 8.51. The maximum Gasteiger partial charge on any atom is 0.409 e. The summed E-state index contributed by atoms with van der Waals surface area (Å²) >= 11 is 5.51. The maximum atomic E-state index is 12.2. The molecule has 0 spiro atoms. The van der Waals surface area contributed by atoms with Crippen molar-refractivity contribution in [3.8, 4) is 11.5 Å². The van der Waals surface area contributed by atoms with Gasteiger partial charge in [0.05, 0.1) is 20.1 Å². The third-order valence-electron chi connectivity index (χ3n) is 4.51. The van der Waals surface area contributed by atoms with Crippen molar-refractivity contribution in [2.75, 3.05) is 39.8 Å². The molecular weight excluding hydrogens is 372 g/mol. The van der Waals surface area contributed by atoms with Gasteiger partial charge in [0.25, 0.3) is 0 Å². The first-order valence-corrected chi connectivity index (χ1v) is 9.58. The first kappa shape index (κ1) is 21.2. The zero-order valence-electron chi connectivity index (χ0n) is 15.8. The van der Waals surface area contributed by atoms with Gasteiger partial charge in [-0.15, -0.1) is 11.6 Å². The Balaban J connectivity index is 1.73. The average Bonchev–Trinajstić information content (AvgIpc) is 2.70. The van der Waals surface area contributed by atoms with Crippen molar-refractivity contribution in [1.29, 1.82) is 0 Å². The SMILES string of the molecule is COc1ccc(CCC(=O)NC2CCN(C(=O)OCCCl)CC2)cc1OC. The number of amides is 2. The van der Waals surface area contributed by atoms with Crippen molar-refractivity contribution in [3.05, 3.63) is 23.8 Å². The van der Waals surface area contributed by atoms with Crippen LogP contribution in [0, 0.1) is 0 Å². The number of alkyl halides is 1. The Bertz CT molecular complexity index is 633. The lowest BCUT2D eigenvalue weighted by Crippen LogP contribution is -2.46. The van der Waals surface area contributed by atoms with E-state index in [-0.39, 0.29) is 24.6 Å². The molecule has 0 aromatic heterocycles. The molecular formula is C19H27ClN2O5. The summed E-state index contributed by atoms with van der Waals surface area (Å²) in [6.45, 7) is 1.36. The van der Waals surface area contributed by atoms with E-state index in [9.17, 15) is 9.59 Å². The van der Waals surface area contributed by atoms with E-state index in [0.29, 0.717) is 43.3 Å². The molecule has 1 aliphatic rings. The molecule has 0 atom stereocenters. The van der Waals surface area contributed by atoms with Gasteiger partial charge in [0, 0.05) is 25.6 Å². The van der Waals surface area contributed by atoms with Crippen molar-refractivity contribution in [1.82, 2.24) is 10.2 Å². The molecule has 1 N–H and O–H groups in total. The van der Waals surface area contributed by atoms with E-state index < -0.39 is 0 Å². The fourth-order valence-corrected chi connectivity index (χ4v) is 3.09. The van der Waals surface area contributed by atoms with Crippen LogP contribution >= 0.6 is 11.6 Å². The molecule has 2 amide bonds. The molecule has 2 rings (SSSR count). The van der Waals surface area contributed by atoms with Crippen LogP contribution in [0.5, 0.6) is 11.5 Å². The number of rotatable bonds is 8. The molecule has 0 radical (unpaired) electrons. The van der Waals surface area contributed by atoms with Crippen LogP contribution in [0.25, 0.3) is 0 Å². The average molecular weight is 399 g/mol. The topological polar surface area (TPSA) is 77.1 Å². The van der Waals surface area contributed by atoms with Crippen LogP contribution in [0.1, 0.15) is 24.8 Å². The number of benzene rings is 1. The Morgan fingerprint density at radius 2 is 1.89 bits per heavy atom. The van der Waals surface area contributed by atoms with Gasteiger partial charge in [-0.2, -0.15) is 0 Å². The summed E-state index contributed by atoms with van der Waals surface area (Å²) in [5.41, 5.74) is 1.01. The normalized spacial score (nSPS) is 14.6. The number of methoxy groups -OCH3 is 2. The summed E-state index contributed by atoms with van der Waals surface area (Å²) < 4.78 is 15.5. The Labute approximate surface area is 164 Å². The van der Waals surface area contributed by atoms with Crippen molar-refractivity contribution >= 4 is 23.6 Å². The van der Waals surface area contributed by atoms with E-state index in [1.54, 1.807) is 19.1 Å². The van der Waals surface area contributed by atoms with E-state index in [1.807, 2.05) is 18.2 Å². The number of ether oxygens (including phenoxy) is 3. The van der Waals surface area contributed by atoms with E-state index in [2.05, 4.69) is 5.32 Å². The molecule has 8 heteroatoms. The largest absolute Gasteiger partial charge is 0.493 e. The van der Waals surface area contributed by atoms with E-state index in [0.717, 1.165) is 18.4 Å². The van der Waals surface area contributed by atoms with E-state index in [1.165, 1.54) is 0 Å². The monoisotopic (exact) mass is 398 g/mol. The number of nitrogens with one attached hydrogen (secondary N) is 1. The second-order valence-corrected chi connectivity index (χ2v) is 6.70.